The molecular weight excluding hydrogens is 288 g/mol. The lowest BCUT2D eigenvalue weighted by molar-refractivity contribution is 0.0555. The molecule has 0 radical (unpaired) electrons. The van der Waals surface area contributed by atoms with E-state index < -0.39 is 0 Å². The van der Waals surface area contributed by atoms with Crippen molar-refractivity contribution in [1.29, 1.82) is 0 Å². The molecule has 1 amide bonds. The molecule has 2 aliphatic heterocycles. The van der Waals surface area contributed by atoms with Gasteiger partial charge in [0.25, 0.3) is 5.91 Å². The number of nitrogens with zero attached hydrogens (tertiary/aromatic N) is 4. The van der Waals surface area contributed by atoms with E-state index in [1.807, 2.05) is 24.4 Å². The molecule has 5 heteroatoms. The molecule has 2 aromatic heterocycles. The van der Waals surface area contributed by atoms with Gasteiger partial charge in [-0.05, 0) is 36.5 Å². The third-order valence-corrected chi connectivity index (χ3v) is 5.32. The Bertz CT molecular complexity index is 896. The van der Waals surface area contributed by atoms with Crippen LogP contribution in [0.15, 0.2) is 55.0 Å². The molecule has 1 aromatic carbocycles. The molecule has 3 fully saturated rings. The highest BCUT2D eigenvalue weighted by Crippen LogP contribution is 2.57. The summed E-state index contributed by atoms with van der Waals surface area (Å²) in [5, 5.41) is 8.03. The van der Waals surface area contributed by atoms with Crippen LogP contribution in [0, 0.1) is 5.92 Å². The van der Waals surface area contributed by atoms with Crippen LogP contribution in [0.1, 0.15) is 28.8 Å². The van der Waals surface area contributed by atoms with Gasteiger partial charge in [0.15, 0.2) is 5.65 Å². The first-order valence-corrected chi connectivity index (χ1v) is 7.94. The van der Waals surface area contributed by atoms with Crippen molar-refractivity contribution in [3.8, 4) is 0 Å². The van der Waals surface area contributed by atoms with E-state index in [9.17, 15) is 4.79 Å². The number of pyridine rings is 1. The lowest BCUT2D eigenvalue weighted by atomic mass is 9.69. The van der Waals surface area contributed by atoms with Crippen LogP contribution < -0.4 is 0 Å². The smallest absolute Gasteiger partial charge is 0.258 e. The first kappa shape index (κ1) is 12.8. The molecule has 2 saturated heterocycles. The maximum atomic E-state index is 13.2. The summed E-state index contributed by atoms with van der Waals surface area (Å²) in [7, 11) is 0. The van der Waals surface area contributed by atoms with Gasteiger partial charge in [-0.1, -0.05) is 30.3 Å². The molecule has 1 saturated carbocycles. The van der Waals surface area contributed by atoms with Crippen LogP contribution in [-0.4, -0.2) is 31.9 Å². The second kappa shape index (κ2) is 4.41. The largest absolute Gasteiger partial charge is 0.328 e. The molecular formula is C18H16N4O. The van der Waals surface area contributed by atoms with E-state index in [0.717, 1.165) is 19.4 Å². The quantitative estimate of drug-likeness (QED) is 0.731. The fraction of sp³-hybridized carbons (Fsp3) is 0.278. The van der Waals surface area contributed by atoms with Crippen LogP contribution in [0.5, 0.6) is 0 Å². The maximum absolute atomic E-state index is 13.2. The second-order valence-corrected chi connectivity index (χ2v) is 6.57. The highest BCUT2D eigenvalue weighted by Gasteiger charge is 2.58. The molecule has 114 valence electrons. The minimum absolute atomic E-state index is 0.0625. The molecule has 23 heavy (non-hydrogen) atoms. The summed E-state index contributed by atoms with van der Waals surface area (Å²) in [5.41, 5.74) is 2.38. The molecule has 0 unspecified atom stereocenters. The van der Waals surface area contributed by atoms with Gasteiger partial charge in [0.1, 0.15) is 6.33 Å². The first-order chi connectivity index (χ1) is 11.3. The average Bonchev–Trinajstić information content (AvgIpc) is 3.26. The van der Waals surface area contributed by atoms with Crippen LogP contribution in [-0.2, 0) is 5.54 Å². The van der Waals surface area contributed by atoms with Crippen molar-refractivity contribution < 1.29 is 4.79 Å². The lowest BCUT2D eigenvalue weighted by Gasteiger charge is -2.42. The van der Waals surface area contributed by atoms with Crippen molar-refractivity contribution in [3.05, 3.63) is 66.1 Å². The van der Waals surface area contributed by atoms with E-state index in [1.54, 1.807) is 10.7 Å². The molecule has 1 aliphatic carbocycles. The van der Waals surface area contributed by atoms with Crippen molar-refractivity contribution in [3.63, 3.8) is 0 Å². The third-order valence-electron chi connectivity index (χ3n) is 5.32. The number of carbonyl (C=O) groups is 1. The van der Waals surface area contributed by atoms with Gasteiger partial charge in [-0.15, -0.1) is 10.2 Å². The van der Waals surface area contributed by atoms with Crippen molar-refractivity contribution in [2.75, 3.05) is 6.54 Å². The zero-order chi connectivity index (χ0) is 15.4. The van der Waals surface area contributed by atoms with Gasteiger partial charge in [0.2, 0.25) is 0 Å². The lowest BCUT2D eigenvalue weighted by Crippen LogP contribution is -2.45. The Hall–Kier alpha value is -2.69. The number of hydrogen-bond donors (Lipinski definition) is 0. The summed E-state index contributed by atoms with van der Waals surface area (Å²) >= 11 is 0. The van der Waals surface area contributed by atoms with Gasteiger partial charge in [0.05, 0.1) is 11.1 Å². The first-order valence-electron chi connectivity index (χ1n) is 7.94. The van der Waals surface area contributed by atoms with Crippen LogP contribution in [0.2, 0.25) is 0 Å². The van der Waals surface area contributed by atoms with Gasteiger partial charge in [-0.3, -0.25) is 9.20 Å². The maximum Gasteiger partial charge on any atom is 0.258 e. The zero-order valence-corrected chi connectivity index (χ0v) is 12.6. The average molecular weight is 304 g/mol. The number of hydrogen-bond acceptors (Lipinski definition) is 3. The summed E-state index contributed by atoms with van der Waals surface area (Å²) in [6.07, 6.45) is 5.63. The van der Waals surface area contributed by atoms with E-state index in [0.29, 0.717) is 17.1 Å². The third kappa shape index (κ3) is 1.64. The van der Waals surface area contributed by atoms with Crippen molar-refractivity contribution in [2.45, 2.75) is 18.4 Å². The molecule has 0 atom stereocenters. The number of amides is 1. The number of fused-ring (bicyclic) bond motifs is 2. The molecule has 3 aromatic rings. The monoisotopic (exact) mass is 304 g/mol. The highest BCUT2D eigenvalue weighted by molar-refractivity contribution is 6.00. The van der Waals surface area contributed by atoms with E-state index in [-0.39, 0.29) is 11.4 Å². The van der Waals surface area contributed by atoms with Gasteiger partial charge in [-0.25, -0.2) is 0 Å². The Kier molecular flexibility index (Phi) is 2.46. The van der Waals surface area contributed by atoms with Crippen molar-refractivity contribution >= 4 is 11.6 Å². The minimum atomic E-state index is -0.129. The Morgan fingerprint density at radius 2 is 1.96 bits per heavy atom. The molecule has 0 N–H and O–H groups in total. The van der Waals surface area contributed by atoms with E-state index in [4.69, 9.17) is 0 Å². The summed E-state index contributed by atoms with van der Waals surface area (Å²) in [4.78, 5) is 15.3. The number of carbonyl (C=O) groups excluding carboxylic acids is 1. The Morgan fingerprint density at radius 3 is 2.78 bits per heavy atom. The Balaban J connectivity index is 1.59. The fourth-order valence-electron chi connectivity index (χ4n) is 4.26. The summed E-state index contributed by atoms with van der Waals surface area (Å²) in [6, 6.07) is 14.1. The van der Waals surface area contributed by atoms with Crippen LogP contribution in [0.25, 0.3) is 5.65 Å². The van der Waals surface area contributed by atoms with Gasteiger partial charge >= 0.3 is 0 Å². The standard InChI is InChI=1S/C18H16N4O/c23-17(15-7-4-8-21-12-19-20-16(15)21)22-11-13-9-18(22,10-13)14-5-2-1-3-6-14/h1-8,12-13H,9-11H2. The van der Waals surface area contributed by atoms with E-state index in [2.05, 4.69) is 39.4 Å². The zero-order valence-electron chi connectivity index (χ0n) is 12.6. The topological polar surface area (TPSA) is 50.5 Å². The molecule has 3 aliphatic rings. The summed E-state index contributed by atoms with van der Waals surface area (Å²) < 4.78 is 1.79. The predicted molar refractivity (Wildman–Crippen MR) is 84.9 cm³/mol. The number of aromatic nitrogens is 3. The molecule has 2 bridgehead atoms. The molecule has 5 nitrogen and oxygen atoms in total. The molecule has 6 rings (SSSR count). The number of rotatable bonds is 2. The van der Waals surface area contributed by atoms with Crippen LogP contribution >= 0.6 is 0 Å². The van der Waals surface area contributed by atoms with E-state index in [1.165, 1.54) is 5.56 Å². The molecule has 4 heterocycles. The predicted octanol–water partition coefficient (Wildman–Crippen LogP) is 2.49. The second-order valence-electron chi connectivity index (χ2n) is 6.57. The van der Waals surface area contributed by atoms with Gasteiger partial charge < -0.3 is 4.90 Å². The van der Waals surface area contributed by atoms with Crippen LogP contribution in [0.4, 0.5) is 0 Å². The normalized spacial score (nSPS) is 25.6. The SMILES string of the molecule is O=C(c1cccn2cnnc12)N1CC2CC1(c1ccccc1)C2. The highest BCUT2D eigenvalue weighted by atomic mass is 16.2. The van der Waals surface area contributed by atoms with E-state index >= 15 is 0 Å². The fourth-order valence-corrected chi connectivity index (χ4v) is 4.26. The van der Waals surface area contributed by atoms with Gasteiger partial charge in [-0.2, -0.15) is 0 Å². The Labute approximate surface area is 133 Å². The minimum Gasteiger partial charge on any atom is -0.328 e. The van der Waals surface area contributed by atoms with Crippen LogP contribution in [0.3, 0.4) is 0 Å². The summed E-state index contributed by atoms with van der Waals surface area (Å²) in [6.45, 7) is 0.836. The van der Waals surface area contributed by atoms with Crippen molar-refractivity contribution in [1.82, 2.24) is 19.5 Å². The number of benzene rings is 1. The van der Waals surface area contributed by atoms with Crippen molar-refractivity contribution in [2.24, 2.45) is 5.92 Å². The summed E-state index contributed by atoms with van der Waals surface area (Å²) in [5.74, 6) is 0.684. The molecule has 0 spiro atoms. The van der Waals surface area contributed by atoms with Gasteiger partial charge in [0, 0.05) is 12.7 Å². The Morgan fingerprint density at radius 1 is 1.13 bits per heavy atom.